The zero-order valence-corrected chi connectivity index (χ0v) is 11.4. The van der Waals surface area contributed by atoms with Gasteiger partial charge in [-0.15, -0.1) is 0 Å². The minimum absolute atomic E-state index is 0.345. The molecule has 1 saturated heterocycles. The second-order valence-electron chi connectivity index (χ2n) is 5.35. The lowest BCUT2D eigenvalue weighted by Gasteiger charge is -2.39. The molecule has 18 heavy (non-hydrogen) atoms. The van der Waals surface area contributed by atoms with Gasteiger partial charge in [0, 0.05) is 31.7 Å². The average Bonchev–Trinajstić information content (AvgIpc) is 2.36. The summed E-state index contributed by atoms with van der Waals surface area (Å²) in [5.41, 5.74) is 1.28. The summed E-state index contributed by atoms with van der Waals surface area (Å²) < 4.78 is 0. The highest BCUT2D eigenvalue weighted by molar-refractivity contribution is 5.25. The molecule has 3 heteroatoms. The molecule has 2 atom stereocenters. The van der Waals surface area contributed by atoms with E-state index in [-0.39, 0.29) is 0 Å². The molecule has 1 aliphatic rings. The Morgan fingerprint density at radius 1 is 1.33 bits per heavy atom. The van der Waals surface area contributed by atoms with Crippen molar-refractivity contribution in [1.82, 2.24) is 10.2 Å². The Bertz CT molecular complexity index is 363. The predicted molar refractivity (Wildman–Crippen MR) is 74.7 cm³/mol. The molecule has 1 heterocycles. The van der Waals surface area contributed by atoms with Crippen LogP contribution in [0.1, 0.15) is 32.3 Å². The third kappa shape index (κ3) is 3.47. The molecule has 1 aliphatic heterocycles. The molecule has 100 valence electrons. The molecule has 0 aliphatic carbocycles. The van der Waals surface area contributed by atoms with Gasteiger partial charge in [-0.05, 0) is 31.0 Å². The van der Waals surface area contributed by atoms with Crippen molar-refractivity contribution in [3.63, 3.8) is 0 Å². The van der Waals surface area contributed by atoms with Gasteiger partial charge in [0.15, 0.2) is 0 Å². The van der Waals surface area contributed by atoms with Crippen molar-refractivity contribution in [2.24, 2.45) is 0 Å². The largest absolute Gasteiger partial charge is 0.508 e. The van der Waals surface area contributed by atoms with Crippen LogP contribution in [0, 0.1) is 0 Å². The Morgan fingerprint density at radius 2 is 2.06 bits per heavy atom. The molecule has 2 rings (SSSR count). The van der Waals surface area contributed by atoms with Crippen LogP contribution in [0.3, 0.4) is 0 Å². The van der Waals surface area contributed by atoms with Crippen LogP contribution in [0.15, 0.2) is 24.3 Å². The van der Waals surface area contributed by atoms with Crippen molar-refractivity contribution in [3.8, 4) is 5.75 Å². The highest BCUT2D eigenvalue weighted by Crippen LogP contribution is 2.17. The SMILES string of the molecule is CCCC1CNC(C)CN1Cc1ccc(O)cc1. The van der Waals surface area contributed by atoms with Crippen LogP contribution in [0.4, 0.5) is 0 Å². The Morgan fingerprint density at radius 3 is 2.72 bits per heavy atom. The number of aromatic hydroxyl groups is 1. The number of hydrogen-bond acceptors (Lipinski definition) is 3. The van der Waals surface area contributed by atoms with Crippen molar-refractivity contribution in [1.29, 1.82) is 0 Å². The normalized spacial score (nSPS) is 25.2. The quantitative estimate of drug-likeness (QED) is 0.858. The maximum Gasteiger partial charge on any atom is 0.115 e. The molecule has 1 fully saturated rings. The van der Waals surface area contributed by atoms with E-state index in [0.717, 1.165) is 19.6 Å². The topological polar surface area (TPSA) is 35.5 Å². The number of phenolic OH excluding ortho intramolecular Hbond substituents is 1. The van der Waals surface area contributed by atoms with Gasteiger partial charge in [0.05, 0.1) is 0 Å². The van der Waals surface area contributed by atoms with Gasteiger partial charge in [-0.25, -0.2) is 0 Å². The monoisotopic (exact) mass is 248 g/mol. The molecule has 1 aromatic carbocycles. The number of hydrogen-bond donors (Lipinski definition) is 2. The Balaban J connectivity index is 2.01. The molecular weight excluding hydrogens is 224 g/mol. The lowest BCUT2D eigenvalue weighted by molar-refractivity contribution is 0.120. The number of benzene rings is 1. The molecule has 2 unspecified atom stereocenters. The zero-order valence-electron chi connectivity index (χ0n) is 11.4. The Kier molecular flexibility index (Phi) is 4.61. The second kappa shape index (κ2) is 6.21. The van der Waals surface area contributed by atoms with E-state index in [1.165, 1.54) is 18.4 Å². The average molecular weight is 248 g/mol. The summed E-state index contributed by atoms with van der Waals surface area (Å²) in [7, 11) is 0. The first kappa shape index (κ1) is 13.4. The van der Waals surface area contributed by atoms with Crippen LogP contribution in [0.5, 0.6) is 5.75 Å². The molecule has 0 radical (unpaired) electrons. The van der Waals surface area contributed by atoms with Crippen LogP contribution in [0.2, 0.25) is 0 Å². The van der Waals surface area contributed by atoms with E-state index < -0.39 is 0 Å². The first-order chi connectivity index (χ1) is 8.69. The summed E-state index contributed by atoms with van der Waals surface area (Å²) in [4.78, 5) is 2.57. The zero-order chi connectivity index (χ0) is 13.0. The summed E-state index contributed by atoms with van der Waals surface area (Å²) >= 11 is 0. The van der Waals surface area contributed by atoms with Gasteiger partial charge >= 0.3 is 0 Å². The van der Waals surface area contributed by atoms with Crippen LogP contribution < -0.4 is 5.32 Å². The molecule has 0 aromatic heterocycles. The fourth-order valence-corrected chi connectivity index (χ4v) is 2.68. The molecule has 0 spiro atoms. The second-order valence-corrected chi connectivity index (χ2v) is 5.35. The molecule has 0 amide bonds. The fourth-order valence-electron chi connectivity index (χ4n) is 2.68. The number of piperazine rings is 1. The van der Waals surface area contributed by atoms with E-state index in [1.54, 1.807) is 12.1 Å². The van der Waals surface area contributed by atoms with Crippen LogP contribution in [-0.4, -0.2) is 35.2 Å². The lowest BCUT2D eigenvalue weighted by Crippen LogP contribution is -2.54. The summed E-state index contributed by atoms with van der Waals surface area (Å²) in [5.74, 6) is 0.345. The summed E-state index contributed by atoms with van der Waals surface area (Å²) in [6.07, 6.45) is 2.48. The lowest BCUT2D eigenvalue weighted by atomic mass is 10.0. The van der Waals surface area contributed by atoms with Crippen molar-refractivity contribution >= 4 is 0 Å². The van der Waals surface area contributed by atoms with Gasteiger partial charge in [-0.3, -0.25) is 4.90 Å². The molecule has 1 aromatic rings. The van der Waals surface area contributed by atoms with Crippen LogP contribution in [-0.2, 0) is 6.54 Å². The van der Waals surface area contributed by atoms with E-state index in [0.29, 0.717) is 17.8 Å². The predicted octanol–water partition coefficient (Wildman–Crippen LogP) is 2.35. The molecule has 2 N–H and O–H groups in total. The number of nitrogens with one attached hydrogen (secondary N) is 1. The molecule has 0 bridgehead atoms. The maximum absolute atomic E-state index is 9.32. The Labute approximate surface area is 110 Å². The van der Waals surface area contributed by atoms with Crippen LogP contribution in [0.25, 0.3) is 0 Å². The first-order valence-electron chi connectivity index (χ1n) is 6.94. The molecule has 0 saturated carbocycles. The molecular formula is C15H24N2O. The summed E-state index contributed by atoms with van der Waals surface area (Å²) in [6, 6.07) is 8.79. The Hall–Kier alpha value is -1.06. The standard InChI is InChI=1S/C15H24N2O/c1-3-4-14-9-16-12(2)10-17(14)11-13-5-7-15(18)8-6-13/h5-8,12,14,16,18H,3-4,9-11H2,1-2H3. The van der Waals surface area contributed by atoms with Crippen molar-refractivity contribution in [2.75, 3.05) is 13.1 Å². The summed E-state index contributed by atoms with van der Waals surface area (Å²) in [6.45, 7) is 7.67. The fraction of sp³-hybridized carbons (Fsp3) is 0.600. The minimum Gasteiger partial charge on any atom is -0.508 e. The van der Waals surface area contributed by atoms with Crippen molar-refractivity contribution in [2.45, 2.75) is 45.3 Å². The third-order valence-electron chi connectivity index (χ3n) is 3.67. The van der Waals surface area contributed by atoms with Crippen molar-refractivity contribution in [3.05, 3.63) is 29.8 Å². The van der Waals surface area contributed by atoms with Crippen LogP contribution >= 0.6 is 0 Å². The van der Waals surface area contributed by atoms with E-state index in [9.17, 15) is 5.11 Å². The van der Waals surface area contributed by atoms with Gasteiger partial charge in [-0.1, -0.05) is 25.5 Å². The summed E-state index contributed by atoms with van der Waals surface area (Å²) in [5, 5.41) is 12.9. The van der Waals surface area contributed by atoms with Gasteiger partial charge < -0.3 is 10.4 Å². The smallest absolute Gasteiger partial charge is 0.115 e. The maximum atomic E-state index is 9.32. The van der Waals surface area contributed by atoms with Crippen molar-refractivity contribution < 1.29 is 5.11 Å². The van der Waals surface area contributed by atoms with E-state index >= 15 is 0 Å². The highest BCUT2D eigenvalue weighted by atomic mass is 16.3. The third-order valence-corrected chi connectivity index (χ3v) is 3.67. The van der Waals surface area contributed by atoms with E-state index in [4.69, 9.17) is 0 Å². The van der Waals surface area contributed by atoms with Gasteiger partial charge in [-0.2, -0.15) is 0 Å². The van der Waals surface area contributed by atoms with E-state index in [1.807, 2.05) is 12.1 Å². The first-order valence-corrected chi connectivity index (χ1v) is 6.94. The minimum atomic E-state index is 0.345. The van der Waals surface area contributed by atoms with Gasteiger partial charge in [0.1, 0.15) is 5.75 Å². The number of nitrogens with zero attached hydrogens (tertiary/aromatic N) is 1. The highest BCUT2D eigenvalue weighted by Gasteiger charge is 2.24. The number of rotatable bonds is 4. The van der Waals surface area contributed by atoms with E-state index in [2.05, 4.69) is 24.1 Å². The van der Waals surface area contributed by atoms with Gasteiger partial charge in [0.2, 0.25) is 0 Å². The number of phenols is 1. The van der Waals surface area contributed by atoms with Gasteiger partial charge in [0.25, 0.3) is 0 Å². The molecule has 3 nitrogen and oxygen atoms in total.